The van der Waals surface area contributed by atoms with Crippen LogP contribution in [0.5, 0.6) is 5.75 Å². The molecular weight excluding hydrogens is 597 g/mol. The van der Waals surface area contributed by atoms with Crippen molar-refractivity contribution in [3.05, 3.63) is 91.1 Å². The predicted octanol–water partition coefficient (Wildman–Crippen LogP) is 6.70. The number of esters is 1. The highest BCUT2D eigenvalue weighted by atomic mass is 79.9. The van der Waals surface area contributed by atoms with E-state index < -0.39 is 12.1 Å². The van der Waals surface area contributed by atoms with Crippen LogP contribution < -0.4 is 10.3 Å². The number of rotatable bonds is 6. The largest absolute Gasteiger partial charge is 0.476 e. The number of carbonyl (C=O) groups excluding carboxylic acids is 1. The Balaban J connectivity index is 1.59. The number of hydrogen-bond acceptors (Lipinski definition) is 7. The van der Waals surface area contributed by atoms with Gasteiger partial charge in [0.15, 0.2) is 17.6 Å². The fraction of sp³-hybridized carbons (Fsp3) is 0.111. The predicted molar refractivity (Wildman–Crippen MR) is 150 cm³/mol. The molecule has 5 aromatic rings. The maximum Gasteiger partial charge on any atom is 0.346 e. The Labute approximate surface area is 234 Å². The van der Waals surface area contributed by atoms with E-state index in [0.29, 0.717) is 27.8 Å². The third-order valence-corrected chi connectivity index (χ3v) is 6.68. The highest BCUT2D eigenvalue weighted by molar-refractivity contribution is 9.10. The van der Waals surface area contributed by atoms with Gasteiger partial charge in [0.2, 0.25) is 5.82 Å². The van der Waals surface area contributed by atoms with Gasteiger partial charge in [0, 0.05) is 9.86 Å². The lowest BCUT2D eigenvalue weighted by Crippen LogP contribution is -2.25. The second-order valence-electron chi connectivity index (χ2n) is 8.20. The van der Waals surface area contributed by atoms with Crippen molar-refractivity contribution in [3.63, 3.8) is 0 Å². The van der Waals surface area contributed by atoms with E-state index in [2.05, 4.69) is 30.8 Å². The molecule has 0 aliphatic carbocycles. The van der Waals surface area contributed by atoms with Gasteiger partial charge in [0.05, 0.1) is 34.3 Å². The van der Waals surface area contributed by atoms with Gasteiger partial charge < -0.3 is 13.9 Å². The number of benzene rings is 3. The van der Waals surface area contributed by atoms with E-state index >= 15 is 0 Å². The van der Waals surface area contributed by atoms with E-state index in [4.69, 9.17) is 32.4 Å². The number of methoxy groups -OCH3 is 1. The molecule has 0 aliphatic rings. The van der Waals surface area contributed by atoms with E-state index in [1.807, 2.05) is 18.2 Å². The molecule has 0 amide bonds. The number of nitrogens with zero attached hydrogens (tertiary/aromatic N) is 3. The lowest BCUT2D eigenvalue weighted by atomic mass is 10.2. The van der Waals surface area contributed by atoms with Crippen LogP contribution in [0.2, 0.25) is 10.0 Å². The van der Waals surface area contributed by atoms with Crippen molar-refractivity contribution < 1.29 is 18.7 Å². The Morgan fingerprint density at radius 1 is 1.13 bits per heavy atom. The molecule has 5 rings (SSSR count). The molecule has 192 valence electrons. The second-order valence-corrected chi connectivity index (χ2v) is 9.93. The molecule has 0 radical (unpaired) electrons. The van der Waals surface area contributed by atoms with E-state index in [1.54, 1.807) is 42.5 Å². The quantitative estimate of drug-likeness (QED) is 0.156. The topological polar surface area (TPSA) is 95.9 Å². The molecule has 0 bridgehead atoms. The Bertz CT molecular complexity index is 1770. The van der Waals surface area contributed by atoms with Crippen molar-refractivity contribution in [2.75, 3.05) is 7.11 Å². The molecule has 38 heavy (non-hydrogen) atoms. The van der Waals surface area contributed by atoms with Crippen LogP contribution in [0.15, 0.2) is 79.4 Å². The zero-order chi connectivity index (χ0) is 27.0. The smallest absolute Gasteiger partial charge is 0.346 e. The van der Waals surface area contributed by atoms with Crippen molar-refractivity contribution in [1.29, 1.82) is 0 Å². The van der Waals surface area contributed by atoms with Crippen LogP contribution in [0.3, 0.4) is 0 Å². The Morgan fingerprint density at radius 3 is 2.61 bits per heavy atom. The second kappa shape index (κ2) is 10.6. The van der Waals surface area contributed by atoms with Gasteiger partial charge in [-0.25, -0.2) is 9.78 Å². The minimum atomic E-state index is -0.913. The summed E-state index contributed by atoms with van der Waals surface area (Å²) in [5.41, 5.74) is 1.24. The van der Waals surface area contributed by atoms with Crippen molar-refractivity contribution in [2.24, 2.45) is 5.10 Å². The maximum absolute atomic E-state index is 13.5. The monoisotopic (exact) mass is 613 g/mol. The first-order valence-corrected chi connectivity index (χ1v) is 12.8. The summed E-state index contributed by atoms with van der Waals surface area (Å²) in [5, 5.41) is 5.96. The Kier molecular flexibility index (Phi) is 7.25. The Hall–Kier alpha value is -3.66. The summed E-state index contributed by atoms with van der Waals surface area (Å²) in [6.45, 7) is 1.52. The number of carbonyl (C=O) groups is 1. The molecule has 1 atom stereocenters. The summed E-state index contributed by atoms with van der Waals surface area (Å²) in [7, 11) is 1.26. The van der Waals surface area contributed by atoms with E-state index in [-0.39, 0.29) is 27.2 Å². The number of para-hydroxylation sites is 1. The third kappa shape index (κ3) is 5.05. The summed E-state index contributed by atoms with van der Waals surface area (Å²) in [5.74, 6) is 0.148. The van der Waals surface area contributed by atoms with Gasteiger partial charge in [-0.05, 0) is 61.0 Å². The molecule has 0 spiro atoms. The summed E-state index contributed by atoms with van der Waals surface area (Å²) in [6, 6.07) is 17.5. The number of ether oxygens (including phenoxy) is 2. The number of furan rings is 1. The van der Waals surface area contributed by atoms with Gasteiger partial charge in [-0.2, -0.15) is 9.78 Å². The lowest BCUT2D eigenvalue weighted by molar-refractivity contribution is -0.147. The van der Waals surface area contributed by atoms with Crippen LogP contribution in [-0.2, 0) is 9.53 Å². The molecule has 0 unspecified atom stereocenters. The van der Waals surface area contributed by atoms with Gasteiger partial charge in [-0.3, -0.25) is 4.79 Å². The number of halogens is 3. The number of hydrogen-bond donors (Lipinski definition) is 0. The number of aromatic nitrogens is 2. The summed E-state index contributed by atoms with van der Waals surface area (Å²) >= 11 is 16.2. The van der Waals surface area contributed by atoms with Crippen LogP contribution >= 0.6 is 39.1 Å². The average molecular weight is 615 g/mol. The zero-order valence-corrected chi connectivity index (χ0v) is 23.0. The van der Waals surface area contributed by atoms with Crippen LogP contribution in [-0.4, -0.2) is 35.1 Å². The molecule has 2 heterocycles. The lowest BCUT2D eigenvalue weighted by Gasteiger charge is -2.15. The molecule has 0 aliphatic heterocycles. The van der Waals surface area contributed by atoms with E-state index in [1.165, 1.54) is 24.9 Å². The summed E-state index contributed by atoms with van der Waals surface area (Å²) < 4.78 is 18.3. The van der Waals surface area contributed by atoms with Crippen molar-refractivity contribution in [1.82, 2.24) is 9.66 Å². The molecule has 0 saturated carbocycles. The standard InChI is InChI=1S/C27H18BrCl2N3O5/c1-14(27(35)36-2)37-24-19(29)9-15(10-20(24)30)13-31-33-25(32-21-6-4-3-5-18(21)26(33)34)23-12-16-11-17(28)7-8-22(16)38-23/h3-14H,1-2H3/t14-/m0/s1. The van der Waals surface area contributed by atoms with Crippen molar-refractivity contribution in [3.8, 4) is 17.3 Å². The Morgan fingerprint density at radius 2 is 1.87 bits per heavy atom. The minimum Gasteiger partial charge on any atom is -0.476 e. The molecule has 3 aromatic carbocycles. The first-order chi connectivity index (χ1) is 18.2. The average Bonchev–Trinajstić information content (AvgIpc) is 3.32. The van der Waals surface area contributed by atoms with Gasteiger partial charge >= 0.3 is 5.97 Å². The van der Waals surface area contributed by atoms with Crippen LogP contribution in [0.1, 0.15) is 12.5 Å². The van der Waals surface area contributed by atoms with Gasteiger partial charge in [0.1, 0.15) is 5.58 Å². The van der Waals surface area contributed by atoms with Crippen LogP contribution in [0.4, 0.5) is 0 Å². The van der Waals surface area contributed by atoms with Crippen molar-refractivity contribution in [2.45, 2.75) is 13.0 Å². The zero-order valence-electron chi connectivity index (χ0n) is 19.9. The molecular formula is C27H18BrCl2N3O5. The molecule has 0 saturated heterocycles. The van der Waals surface area contributed by atoms with Gasteiger partial charge in [-0.15, -0.1) is 0 Å². The maximum atomic E-state index is 13.5. The fourth-order valence-electron chi connectivity index (χ4n) is 3.80. The minimum absolute atomic E-state index is 0.127. The molecule has 8 nitrogen and oxygen atoms in total. The van der Waals surface area contributed by atoms with Gasteiger partial charge in [-0.1, -0.05) is 51.3 Å². The fourth-order valence-corrected chi connectivity index (χ4v) is 4.77. The molecule has 0 fully saturated rings. The number of fused-ring (bicyclic) bond motifs is 2. The van der Waals surface area contributed by atoms with Crippen LogP contribution in [0, 0.1) is 0 Å². The normalized spacial score (nSPS) is 12.3. The van der Waals surface area contributed by atoms with Crippen LogP contribution in [0.25, 0.3) is 33.5 Å². The van der Waals surface area contributed by atoms with E-state index in [9.17, 15) is 9.59 Å². The first kappa shape index (κ1) is 26.0. The molecule has 2 aromatic heterocycles. The summed E-state index contributed by atoms with van der Waals surface area (Å²) in [4.78, 5) is 29.8. The highest BCUT2D eigenvalue weighted by Crippen LogP contribution is 2.35. The first-order valence-electron chi connectivity index (χ1n) is 11.2. The highest BCUT2D eigenvalue weighted by Gasteiger charge is 2.20. The SMILES string of the molecule is COC(=O)[C@H](C)Oc1c(Cl)cc(C=Nn2c(-c3cc4cc(Br)ccc4o3)nc3ccccc3c2=O)cc1Cl. The molecule has 0 N–H and O–H groups in total. The molecule has 11 heteroatoms. The van der Waals surface area contributed by atoms with Gasteiger partial charge in [0.25, 0.3) is 5.56 Å². The summed E-state index contributed by atoms with van der Waals surface area (Å²) in [6.07, 6.45) is 0.509. The van der Waals surface area contributed by atoms with Crippen molar-refractivity contribution >= 4 is 73.2 Å². The van der Waals surface area contributed by atoms with E-state index in [0.717, 1.165) is 9.86 Å². The third-order valence-electron chi connectivity index (χ3n) is 5.62.